The molecule has 0 bridgehead atoms. The number of hydrogen-bond acceptors (Lipinski definition) is 2. The topological polar surface area (TPSA) is 15.3 Å². The zero-order chi connectivity index (χ0) is 6.10. The van der Waals surface area contributed by atoms with Gasteiger partial charge in [0, 0.05) is 19.1 Å². The average Bonchev–Trinajstić information content (AvgIpc) is 1.94. The van der Waals surface area contributed by atoms with Crippen LogP contribution in [0.25, 0.3) is 0 Å². The Morgan fingerprint density at radius 1 is 1.11 bits per heavy atom. The van der Waals surface area contributed by atoms with Crippen LogP contribution in [0.1, 0.15) is 12.8 Å². The van der Waals surface area contributed by atoms with Crippen LogP contribution in [-0.2, 0) is 0 Å². The summed E-state index contributed by atoms with van der Waals surface area (Å²) in [6, 6.07) is 0.944. The summed E-state index contributed by atoms with van der Waals surface area (Å²) in [7, 11) is 0. The Labute approximate surface area is 56.2 Å². The third kappa shape index (κ3) is 0.970. The Balaban J connectivity index is 1.90. The molecular weight excluding hydrogens is 112 g/mol. The van der Waals surface area contributed by atoms with Gasteiger partial charge >= 0.3 is 0 Å². The van der Waals surface area contributed by atoms with E-state index in [1.54, 1.807) is 0 Å². The summed E-state index contributed by atoms with van der Waals surface area (Å²) in [5.74, 6) is 0. The molecule has 2 fully saturated rings. The van der Waals surface area contributed by atoms with Gasteiger partial charge in [-0.05, 0) is 25.9 Å². The fourth-order valence-corrected chi connectivity index (χ4v) is 1.73. The van der Waals surface area contributed by atoms with E-state index in [0.717, 1.165) is 6.04 Å². The summed E-state index contributed by atoms with van der Waals surface area (Å²) >= 11 is 0. The quantitative estimate of drug-likeness (QED) is 0.493. The summed E-state index contributed by atoms with van der Waals surface area (Å²) in [6.45, 7) is 5.08. The van der Waals surface area contributed by atoms with Gasteiger partial charge in [0.2, 0.25) is 0 Å². The molecule has 2 nitrogen and oxygen atoms in total. The van der Waals surface area contributed by atoms with E-state index in [2.05, 4.69) is 10.2 Å². The molecule has 52 valence electrons. The molecule has 2 aliphatic heterocycles. The van der Waals surface area contributed by atoms with Crippen molar-refractivity contribution in [3.8, 4) is 0 Å². The Hall–Kier alpha value is -0.0800. The lowest BCUT2D eigenvalue weighted by Crippen LogP contribution is -2.47. The van der Waals surface area contributed by atoms with Crippen LogP contribution in [0.3, 0.4) is 0 Å². The Kier molecular flexibility index (Phi) is 1.44. The summed E-state index contributed by atoms with van der Waals surface area (Å²) in [4.78, 5) is 2.58. The summed E-state index contributed by atoms with van der Waals surface area (Å²) in [5, 5.41) is 3.41. The first-order valence-corrected chi connectivity index (χ1v) is 3.91. The Morgan fingerprint density at radius 2 is 2.11 bits per heavy atom. The molecule has 1 atom stereocenters. The third-order valence-electron chi connectivity index (χ3n) is 2.50. The highest BCUT2D eigenvalue weighted by Gasteiger charge is 2.27. The van der Waals surface area contributed by atoms with E-state index < -0.39 is 0 Å². The SMILES string of the molecule is C1CC2CCN2CCN1. The number of hydrogen-bond donors (Lipinski definition) is 1. The summed E-state index contributed by atoms with van der Waals surface area (Å²) < 4.78 is 0. The Bertz CT molecular complexity index is 91.1. The first kappa shape index (κ1) is 5.69. The molecule has 0 aromatic rings. The average molecular weight is 126 g/mol. The molecule has 1 N–H and O–H groups in total. The van der Waals surface area contributed by atoms with Crippen molar-refractivity contribution in [1.82, 2.24) is 10.2 Å². The molecule has 0 saturated carbocycles. The highest BCUT2D eigenvalue weighted by molar-refractivity contribution is 4.85. The predicted octanol–water partition coefficient (Wildman–Crippen LogP) is 0.0540. The molecular formula is C7H14N2. The molecule has 2 heterocycles. The van der Waals surface area contributed by atoms with E-state index >= 15 is 0 Å². The number of nitrogens with one attached hydrogen (secondary N) is 1. The molecule has 2 aliphatic rings. The highest BCUT2D eigenvalue weighted by atomic mass is 15.2. The molecule has 2 heteroatoms. The van der Waals surface area contributed by atoms with Gasteiger partial charge in [-0.1, -0.05) is 0 Å². The van der Waals surface area contributed by atoms with Crippen LogP contribution >= 0.6 is 0 Å². The van der Waals surface area contributed by atoms with Crippen molar-refractivity contribution in [3.05, 3.63) is 0 Å². The lowest BCUT2D eigenvalue weighted by Gasteiger charge is -2.39. The molecule has 0 aromatic carbocycles. The zero-order valence-corrected chi connectivity index (χ0v) is 5.77. The van der Waals surface area contributed by atoms with Crippen LogP contribution in [0, 0.1) is 0 Å². The van der Waals surface area contributed by atoms with Crippen LogP contribution in [0.15, 0.2) is 0 Å². The monoisotopic (exact) mass is 126 g/mol. The van der Waals surface area contributed by atoms with Gasteiger partial charge in [-0.15, -0.1) is 0 Å². The standard InChI is InChI=1S/C7H14N2/c1-3-8-4-6-9-5-2-7(1)9/h7-8H,1-6H2. The van der Waals surface area contributed by atoms with Gasteiger partial charge in [-0.2, -0.15) is 0 Å². The second-order valence-electron chi connectivity index (χ2n) is 3.02. The number of fused-ring (bicyclic) bond motifs is 1. The van der Waals surface area contributed by atoms with E-state index in [9.17, 15) is 0 Å². The molecule has 0 radical (unpaired) electrons. The van der Waals surface area contributed by atoms with Gasteiger partial charge in [-0.25, -0.2) is 0 Å². The first-order valence-electron chi connectivity index (χ1n) is 3.91. The lowest BCUT2D eigenvalue weighted by molar-refractivity contribution is 0.0997. The van der Waals surface area contributed by atoms with Crippen LogP contribution in [0.4, 0.5) is 0 Å². The second kappa shape index (κ2) is 2.27. The maximum atomic E-state index is 3.41. The maximum Gasteiger partial charge on any atom is 0.0120 e. The van der Waals surface area contributed by atoms with Crippen molar-refractivity contribution < 1.29 is 0 Å². The zero-order valence-electron chi connectivity index (χ0n) is 5.77. The minimum atomic E-state index is 0.944. The normalized spacial score (nSPS) is 36.7. The van der Waals surface area contributed by atoms with Crippen molar-refractivity contribution in [2.75, 3.05) is 26.2 Å². The van der Waals surface area contributed by atoms with Crippen LogP contribution < -0.4 is 5.32 Å². The van der Waals surface area contributed by atoms with Crippen LogP contribution in [0.5, 0.6) is 0 Å². The maximum absolute atomic E-state index is 3.41. The summed E-state index contributed by atoms with van der Waals surface area (Å²) in [5.41, 5.74) is 0. The third-order valence-corrected chi connectivity index (χ3v) is 2.50. The minimum absolute atomic E-state index is 0.944. The molecule has 0 aliphatic carbocycles. The fraction of sp³-hybridized carbons (Fsp3) is 1.00. The van der Waals surface area contributed by atoms with Gasteiger partial charge in [0.1, 0.15) is 0 Å². The van der Waals surface area contributed by atoms with Crippen molar-refractivity contribution >= 4 is 0 Å². The van der Waals surface area contributed by atoms with E-state index in [1.165, 1.54) is 39.0 Å². The minimum Gasteiger partial charge on any atom is -0.315 e. The van der Waals surface area contributed by atoms with E-state index in [-0.39, 0.29) is 0 Å². The molecule has 1 unspecified atom stereocenters. The lowest BCUT2D eigenvalue weighted by atomic mass is 10.0. The van der Waals surface area contributed by atoms with E-state index in [0.29, 0.717) is 0 Å². The van der Waals surface area contributed by atoms with Crippen molar-refractivity contribution in [1.29, 1.82) is 0 Å². The summed E-state index contributed by atoms with van der Waals surface area (Å²) in [6.07, 6.45) is 2.82. The van der Waals surface area contributed by atoms with Crippen LogP contribution in [0.2, 0.25) is 0 Å². The number of rotatable bonds is 0. The first-order chi connectivity index (χ1) is 4.47. The van der Waals surface area contributed by atoms with Gasteiger partial charge in [0.15, 0.2) is 0 Å². The van der Waals surface area contributed by atoms with Crippen molar-refractivity contribution in [2.24, 2.45) is 0 Å². The van der Waals surface area contributed by atoms with Crippen LogP contribution in [-0.4, -0.2) is 37.1 Å². The molecule has 2 rings (SSSR count). The molecule has 9 heavy (non-hydrogen) atoms. The molecule has 2 saturated heterocycles. The fourth-order valence-electron chi connectivity index (χ4n) is 1.73. The van der Waals surface area contributed by atoms with Crippen molar-refractivity contribution in [3.63, 3.8) is 0 Å². The second-order valence-corrected chi connectivity index (χ2v) is 3.02. The van der Waals surface area contributed by atoms with E-state index in [1.807, 2.05) is 0 Å². The largest absolute Gasteiger partial charge is 0.315 e. The smallest absolute Gasteiger partial charge is 0.0120 e. The number of nitrogens with zero attached hydrogens (tertiary/aromatic N) is 1. The molecule has 0 amide bonds. The molecule has 0 aromatic heterocycles. The van der Waals surface area contributed by atoms with Gasteiger partial charge in [0.05, 0.1) is 0 Å². The van der Waals surface area contributed by atoms with Gasteiger partial charge < -0.3 is 5.32 Å². The predicted molar refractivity (Wildman–Crippen MR) is 37.5 cm³/mol. The van der Waals surface area contributed by atoms with E-state index in [4.69, 9.17) is 0 Å². The van der Waals surface area contributed by atoms with Gasteiger partial charge in [-0.3, -0.25) is 4.90 Å². The molecule has 0 spiro atoms. The van der Waals surface area contributed by atoms with Gasteiger partial charge in [0.25, 0.3) is 0 Å². The Morgan fingerprint density at radius 3 is 2.89 bits per heavy atom. The highest BCUT2D eigenvalue weighted by Crippen LogP contribution is 2.20. The van der Waals surface area contributed by atoms with Crippen molar-refractivity contribution in [2.45, 2.75) is 18.9 Å².